The fourth-order valence-corrected chi connectivity index (χ4v) is 2.90. The zero-order chi connectivity index (χ0) is 16.2. The highest BCUT2D eigenvalue weighted by atomic mass is 19.1. The SMILES string of the molecule is C=CC(=O)N1CCCC(c2ncc(Cc3ccc(F)cc3)o2)C1. The zero-order valence-corrected chi connectivity index (χ0v) is 12.9. The predicted octanol–water partition coefficient (Wildman–Crippen LogP) is 3.30. The minimum atomic E-state index is -0.249. The largest absolute Gasteiger partial charge is 0.445 e. The van der Waals surface area contributed by atoms with E-state index in [0.29, 0.717) is 18.9 Å². The van der Waals surface area contributed by atoms with E-state index in [4.69, 9.17) is 4.42 Å². The number of nitrogens with zero attached hydrogens (tertiary/aromatic N) is 2. The van der Waals surface area contributed by atoms with E-state index in [9.17, 15) is 9.18 Å². The first-order chi connectivity index (χ1) is 11.2. The summed E-state index contributed by atoms with van der Waals surface area (Å²) in [6, 6.07) is 6.35. The summed E-state index contributed by atoms with van der Waals surface area (Å²) in [6.45, 7) is 4.90. The second kappa shape index (κ2) is 6.77. The molecule has 1 unspecified atom stereocenters. The lowest BCUT2D eigenvalue weighted by atomic mass is 9.98. The van der Waals surface area contributed by atoms with Crippen molar-refractivity contribution in [2.75, 3.05) is 13.1 Å². The van der Waals surface area contributed by atoms with Crippen molar-refractivity contribution in [3.8, 4) is 0 Å². The summed E-state index contributed by atoms with van der Waals surface area (Å²) in [5.74, 6) is 1.24. The molecule has 2 aromatic rings. The Bertz CT molecular complexity index is 693. The molecule has 3 rings (SSSR count). The van der Waals surface area contributed by atoms with Gasteiger partial charge in [-0.3, -0.25) is 4.79 Å². The van der Waals surface area contributed by atoms with Crippen LogP contribution in [0.5, 0.6) is 0 Å². The third-order valence-electron chi connectivity index (χ3n) is 4.12. The molecule has 120 valence electrons. The standard InChI is InChI=1S/C18H19FN2O2/c1-2-17(22)21-9-3-4-14(12-21)18-20-11-16(23-18)10-13-5-7-15(19)8-6-13/h2,5-8,11,14H,1,3-4,9-10,12H2. The Morgan fingerprint density at radius 1 is 1.43 bits per heavy atom. The highest BCUT2D eigenvalue weighted by Crippen LogP contribution is 2.27. The molecular weight excluding hydrogens is 295 g/mol. The summed E-state index contributed by atoms with van der Waals surface area (Å²) in [4.78, 5) is 17.9. The first-order valence-electron chi connectivity index (χ1n) is 7.76. The van der Waals surface area contributed by atoms with E-state index in [1.54, 1.807) is 23.2 Å². The second-order valence-electron chi connectivity index (χ2n) is 5.80. The molecule has 0 bridgehead atoms. The lowest BCUT2D eigenvalue weighted by molar-refractivity contribution is -0.127. The van der Waals surface area contributed by atoms with Crippen LogP contribution >= 0.6 is 0 Å². The van der Waals surface area contributed by atoms with Gasteiger partial charge >= 0.3 is 0 Å². The molecule has 4 nitrogen and oxygen atoms in total. The molecule has 1 aliphatic heterocycles. The number of aromatic nitrogens is 1. The zero-order valence-electron chi connectivity index (χ0n) is 12.9. The fraction of sp³-hybridized carbons (Fsp3) is 0.333. The van der Waals surface area contributed by atoms with Crippen molar-refractivity contribution in [3.63, 3.8) is 0 Å². The number of rotatable bonds is 4. The monoisotopic (exact) mass is 314 g/mol. The number of amides is 1. The molecule has 1 saturated heterocycles. The quantitative estimate of drug-likeness (QED) is 0.814. The Kier molecular flexibility index (Phi) is 4.55. The van der Waals surface area contributed by atoms with Gasteiger partial charge in [-0.25, -0.2) is 9.37 Å². The molecule has 23 heavy (non-hydrogen) atoms. The smallest absolute Gasteiger partial charge is 0.245 e. The molecule has 1 aromatic carbocycles. The van der Waals surface area contributed by atoms with Crippen LogP contribution in [0.15, 0.2) is 47.5 Å². The topological polar surface area (TPSA) is 46.3 Å². The van der Waals surface area contributed by atoms with Gasteiger partial charge in [0.15, 0.2) is 5.89 Å². The summed E-state index contributed by atoms with van der Waals surface area (Å²) in [5.41, 5.74) is 0.973. The van der Waals surface area contributed by atoms with Crippen LogP contribution in [-0.4, -0.2) is 28.9 Å². The first-order valence-corrected chi connectivity index (χ1v) is 7.76. The summed E-state index contributed by atoms with van der Waals surface area (Å²) in [6.07, 6.45) is 5.53. The maximum atomic E-state index is 12.9. The third kappa shape index (κ3) is 3.67. The van der Waals surface area contributed by atoms with Gasteiger partial charge in [-0.2, -0.15) is 0 Å². The molecule has 0 saturated carbocycles. The van der Waals surface area contributed by atoms with Crippen LogP contribution in [0, 0.1) is 5.82 Å². The Balaban J connectivity index is 1.67. The summed E-state index contributed by atoms with van der Waals surface area (Å²) in [5, 5.41) is 0. The minimum Gasteiger partial charge on any atom is -0.445 e. The van der Waals surface area contributed by atoms with Gasteiger partial charge in [0.25, 0.3) is 0 Å². The van der Waals surface area contributed by atoms with Crippen LogP contribution in [0.4, 0.5) is 4.39 Å². The highest BCUT2D eigenvalue weighted by molar-refractivity contribution is 5.87. The van der Waals surface area contributed by atoms with Gasteiger partial charge in [-0.15, -0.1) is 0 Å². The van der Waals surface area contributed by atoms with Gasteiger partial charge in [0.2, 0.25) is 5.91 Å². The van der Waals surface area contributed by atoms with Crippen molar-refractivity contribution in [2.45, 2.75) is 25.2 Å². The van der Waals surface area contributed by atoms with Crippen LogP contribution in [-0.2, 0) is 11.2 Å². The number of hydrogen-bond acceptors (Lipinski definition) is 3. The van der Waals surface area contributed by atoms with E-state index in [1.165, 1.54) is 18.2 Å². The first kappa shape index (κ1) is 15.5. The van der Waals surface area contributed by atoms with Crippen LogP contribution in [0.3, 0.4) is 0 Å². The molecular formula is C18H19FN2O2. The average molecular weight is 314 g/mol. The molecule has 1 aromatic heterocycles. The minimum absolute atomic E-state index is 0.0483. The molecule has 2 heterocycles. The molecule has 1 amide bonds. The number of hydrogen-bond donors (Lipinski definition) is 0. The van der Waals surface area contributed by atoms with Crippen molar-refractivity contribution in [2.24, 2.45) is 0 Å². The van der Waals surface area contributed by atoms with Crippen molar-refractivity contribution >= 4 is 5.91 Å². The van der Waals surface area contributed by atoms with E-state index in [2.05, 4.69) is 11.6 Å². The van der Waals surface area contributed by atoms with E-state index in [1.807, 2.05) is 0 Å². The van der Waals surface area contributed by atoms with E-state index < -0.39 is 0 Å². The molecule has 1 atom stereocenters. The van der Waals surface area contributed by atoms with Gasteiger partial charge in [0, 0.05) is 19.5 Å². The predicted molar refractivity (Wildman–Crippen MR) is 84.5 cm³/mol. The molecule has 0 aliphatic carbocycles. The number of piperidine rings is 1. The van der Waals surface area contributed by atoms with Crippen molar-refractivity contribution in [1.29, 1.82) is 0 Å². The Hall–Kier alpha value is -2.43. The normalized spacial score (nSPS) is 18.0. The van der Waals surface area contributed by atoms with Crippen molar-refractivity contribution in [1.82, 2.24) is 9.88 Å². The maximum absolute atomic E-state index is 12.9. The van der Waals surface area contributed by atoms with Gasteiger partial charge in [0.1, 0.15) is 11.6 Å². The number of halogens is 1. The van der Waals surface area contributed by atoms with Crippen LogP contribution in [0.25, 0.3) is 0 Å². The van der Waals surface area contributed by atoms with Crippen molar-refractivity contribution < 1.29 is 13.6 Å². The van der Waals surface area contributed by atoms with Crippen LogP contribution < -0.4 is 0 Å². The lowest BCUT2D eigenvalue weighted by Crippen LogP contribution is -2.38. The number of benzene rings is 1. The summed E-state index contributed by atoms with van der Waals surface area (Å²) < 4.78 is 18.8. The molecule has 0 N–H and O–H groups in total. The highest BCUT2D eigenvalue weighted by Gasteiger charge is 2.26. The second-order valence-corrected chi connectivity index (χ2v) is 5.80. The number of likely N-dealkylation sites (tertiary alicyclic amines) is 1. The maximum Gasteiger partial charge on any atom is 0.245 e. The lowest BCUT2D eigenvalue weighted by Gasteiger charge is -2.30. The van der Waals surface area contributed by atoms with Gasteiger partial charge < -0.3 is 9.32 Å². The summed E-state index contributed by atoms with van der Waals surface area (Å²) in [7, 11) is 0. The Labute approximate surface area is 134 Å². The number of oxazole rings is 1. The number of carbonyl (C=O) groups is 1. The van der Waals surface area contributed by atoms with Crippen LogP contribution in [0.2, 0.25) is 0 Å². The molecule has 1 aliphatic rings. The van der Waals surface area contributed by atoms with Gasteiger partial charge in [-0.1, -0.05) is 18.7 Å². The van der Waals surface area contributed by atoms with Gasteiger partial charge in [-0.05, 0) is 36.6 Å². The van der Waals surface area contributed by atoms with E-state index >= 15 is 0 Å². The molecule has 0 radical (unpaired) electrons. The Morgan fingerprint density at radius 2 is 2.22 bits per heavy atom. The van der Waals surface area contributed by atoms with E-state index in [-0.39, 0.29) is 17.6 Å². The third-order valence-corrected chi connectivity index (χ3v) is 4.12. The molecule has 0 spiro atoms. The molecule has 1 fully saturated rings. The van der Waals surface area contributed by atoms with Crippen LogP contribution in [0.1, 0.15) is 36.0 Å². The number of carbonyl (C=O) groups excluding carboxylic acids is 1. The summed E-state index contributed by atoms with van der Waals surface area (Å²) >= 11 is 0. The van der Waals surface area contributed by atoms with Crippen molar-refractivity contribution in [3.05, 3.63) is 66.1 Å². The molecule has 5 heteroatoms. The van der Waals surface area contributed by atoms with Gasteiger partial charge in [0.05, 0.1) is 12.1 Å². The fourth-order valence-electron chi connectivity index (χ4n) is 2.90. The van der Waals surface area contributed by atoms with E-state index in [0.717, 1.165) is 30.7 Å². The average Bonchev–Trinajstić information content (AvgIpc) is 3.05. The Morgan fingerprint density at radius 3 is 2.96 bits per heavy atom.